The molecule has 0 bridgehead atoms. The van der Waals surface area contributed by atoms with Crippen LogP contribution in [-0.2, 0) is 6.42 Å². The summed E-state index contributed by atoms with van der Waals surface area (Å²) in [6.45, 7) is 0. The summed E-state index contributed by atoms with van der Waals surface area (Å²) in [5, 5.41) is 7.78. The van der Waals surface area contributed by atoms with Crippen molar-refractivity contribution in [2.24, 2.45) is 0 Å². The van der Waals surface area contributed by atoms with E-state index in [1.54, 1.807) is 0 Å². The Balaban J connectivity index is 1.20. The predicted octanol–water partition coefficient (Wildman–Crippen LogP) is 11.3. The number of fused-ring (bicyclic) bond motifs is 6. The van der Waals surface area contributed by atoms with Crippen molar-refractivity contribution in [1.82, 2.24) is 9.13 Å². The minimum atomic E-state index is 0.985. The number of benzene rings is 7. The van der Waals surface area contributed by atoms with Crippen LogP contribution in [0.5, 0.6) is 0 Å². The zero-order valence-electron chi connectivity index (χ0n) is 24.6. The van der Waals surface area contributed by atoms with Gasteiger partial charge in [0.15, 0.2) is 0 Å². The summed E-state index contributed by atoms with van der Waals surface area (Å²) in [6, 6.07) is 53.5. The van der Waals surface area contributed by atoms with Gasteiger partial charge in [0.05, 0.1) is 27.8 Å². The number of para-hydroxylation sites is 3. The number of allylic oxidation sites excluding steroid dienone is 1. The summed E-state index contributed by atoms with van der Waals surface area (Å²) in [7, 11) is 0. The van der Waals surface area contributed by atoms with E-state index in [-0.39, 0.29) is 0 Å². The van der Waals surface area contributed by atoms with Gasteiger partial charge in [0.25, 0.3) is 0 Å². The van der Waals surface area contributed by atoms with Crippen LogP contribution in [0.3, 0.4) is 0 Å². The van der Waals surface area contributed by atoms with Gasteiger partial charge in [-0.2, -0.15) is 0 Å². The Morgan fingerprint density at radius 2 is 1.02 bits per heavy atom. The number of nitrogens with zero attached hydrogens (tertiary/aromatic N) is 2. The van der Waals surface area contributed by atoms with Gasteiger partial charge in [0, 0.05) is 32.6 Å². The third kappa shape index (κ3) is 3.51. The molecule has 0 saturated carbocycles. The first kappa shape index (κ1) is 24.6. The number of hydrogen-bond acceptors (Lipinski definition) is 0. The van der Waals surface area contributed by atoms with E-state index in [1.807, 2.05) is 0 Å². The van der Waals surface area contributed by atoms with Crippen LogP contribution in [0.15, 0.2) is 152 Å². The number of hydrogen-bond donors (Lipinski definition) is 0. The Morgan fingerprint density at radius 1 is 0.422 bits per heavy atom. The fourth-order valence-corrected chi connectivity index (χ4v) is 7.73. The van der Waals surface area contributed by atoms with Gasteiger partial charge >= 0.3 is 0 Å². The fraction of sp³-hybridized carbons (Fsp3) is 0.0233. The van der Waals surface area contributed by atoms with Gasteiger partial charge in [0.2, 0.25) is 0 Å². The van der Waals surface area contributed by atoms with E-state index in [2.05, 4.69) is 167 Å². The standard InChI is InChI=1S/C43H28N2/c1-2-13-32(14-3-1)44-38-18-6-4-15-33(38)36-26-30(21-24-41(36)44)31-22-25-42-37(27-31)34-16-5-7-19-39(34)45(42)40-23-20-29-11-8-10-28-12-9-17-35(40)43(28)29/h1-9,11-27H,10H2. The first-order chi connectivity index (χ1) is 22.3. The van der Waals surface area contributed by atoms with Crippen LogP contribution in [-0.4, -0.2) is 9.13 Å². The molecule has 0 spiro atoms. The highest BCUT2D eigenvalue weighted by Gasteiger charge is 2.18. The lowest BCUT2D eigenvalue weighted by atomic mass is 9.92. The molecule has 2 heterocycles. The monoisotopic (exact) mass is 572 g/mol. The molecular formula is C43H28N2. The van der Waals surface area contributed by atoms with Gasteiger partial charge in [-0.05, 0) is 88.7 Å². The predicted molar refractivity (Wildman–Crippen MR) is 191 cm³/mol. The zero-order chi connectivity index (χ0) is 29.5. The summed E-state index contributed by atoms with van der Waals surface area (Å²) in [5.41, 5.74) is 12.5. The van der Waals surface area contributed by atoms with Crippen LogP contribution in [0, 0.1) is 0 Å². The summed E-state index contributed by atoms with van der Waals surface area (Å²) < 4.78 is 4.84. The van der Waals surface area contributed by atoms with Crippen LogP contribution in [0.25, 0.3) is 83.0 Å². The third-order valence-corrected chi connectivity index (χ3v) is 9.71. The lowest BCUT2D eigenvalue weighted by Gasteiger charge is -2.17. The average Bonchev–Trinajstić information content (AvgIpc) is 3.61. The van der Waals surface area contributed by atoms with Crippen molar-refractivity contribution in [3.8, 4) is 22.5 Å². The van der Waals surface area contributed by atoms with E-state index < -0.39 is 0 Å². The molecule has 2 nitrogen and oxygen atoms in total. The normalized spacial score (nSPS) is 12.7. The van der Waals surface area contributed by atoms with E-state index in [1.165, 1.54) is 88.0 Å². The maximum atomic E-state index is 2.46. The average molecular weight is 573 g/mol. The third-order valence-electron chi connectivity index (χ3n) is 9.71. The molecule has 2 heteroatoms. The Kier molecular flexibility index (Phi) is 5.09. The molecule has 7 aromatic carbocycles. The minimum absolute atomic E-state index is 0.985. The Labute approximate surface area is 260 Å². The minimum Gasteiger partial charge on any atom is -0.309 e. The SMILES string of the molecule is C1=Cc2ccc(-n3c4ccccc4c4cc(-c5ccc6c(c5)c5ccccc5n6-c5ccccc5)ccc43)c3cccc(c23)C1. The Bertz CT molecular complexity index is 2670. The van der Waals surface area contributed by atoms with E-state index in [0.717, 1.165) is 6.42 Å². The van der Waals surface area contributed by atoms with Crippen LogP contribution in [0.4, 0.5) is 0 Å². The van der Waals surface area contributed by atoms with Crippen LogP contribution < -0.4 is 0 Å². The highest BCUT2D eigenvalue weighted by atomic mass is 15.0. The summed E-state index contributed by atoms with van der Waals surface area (Å²) >= 11 is 0. The van der Waals surface area contributed by atoms with Crippen molar-refractivity contribution < 1.29 is 0 Å². The van der Waals surface area contributed by atoms with Crippen LogP contribution >= 0.6 is 0 Å². The summed E-state index contributed by atoms with van der Waals surface area (Å²) in [4.78, 5) is 0. The van der Waals surface area contributed by atoms with Gasteiger partial charge in [0.1, 0.15) is 0 Å². The quantitative estimate of drug-likeness (QED) is 0.199. The largest absolute Gasteiger partial charge is 0.309 e. The van der Waals surface area contributed by atoms with Gasteiger partial charge in [-0.1, -0.05) is 103 Å². The van der Waals surface area contributed by atoms with E-state index in [4.69, 9.17) is 0 Å². The van der Waals surface area contributed by atoms with Crippen molar-refractivity contribution in [3.63, 3.8) is 0 Å². The molecule has 10 rings (SSSR count). The molecule has 0 amide bonds. The van der Waals surface area contributed by atoms with Crippen molar-refractivity contribution >= 4 is 60.5 Å². The Hall–Kier alpha value is -5.86. The molecule has 0 N–H and O–H groups in total. The molecule has 45 heavy (non-hydrogen) atoms. The fourth-order valence-electron chi connectivity index (χ4n) is 7.73. The second kappa shape index (κ2) is 9.32. The molecule has 0 atom stereocenters. The molecule has 0 radical (unpaired) electrons. The maximum absolute atomic E-state index is 2.46. The molecule has 0 aliphatic heterocycles. The van der Waals surface area contributed by atoms with Crippen LogP contribution in [0.1, 0.15) is 11.1 Å². The zero-order valence-corrected chi connectivity index (χ0v) is 24.6. The first-order valence-corrected chi connectivity index (χ1v) is 15.7. The van der Waals surface area contributed by atoms with E-state index in [9.17, 15) is 0 Å². The van der Waals surface area contributed by atoms with Gasteiger partial charge in [-0.25, -0.2) is 0 Å². The van der Waals surface area contributed by atoms with Crippen LogP contribution in [0.2, 0.25) is 0 Å². The maximum Gasteiger partial charge on any atom is 0.0541 e. The van der Waals surface area contributed by atoms with Gasteiger partial charge < -0.3 is 9.13 Å². The molecule has 0 saturated heterocycles. The molecule has 1 aliphatic carbocycles. The molecule has 1 aliphatic rings. The lowest BCUT2D eigenvalue weighted by molar-refractivity contribution is 1.18. The molecular weight excluding hydrogens is 544 g/mol. The van der Waals surface area contributed by atoms with E-state index in [0.29, 0.717) is 0 Å². The molecule has 0 fully saturated rings. The van der Waals surface area contributed by atoms with Crippen molar-refractivity contribution in [1.29, 1.82) is 0 Å². The summed E-state index contributed by atoms with van der Waals surface area (Å²) in [5.74, 6) is 0. The smallest absolute Gasteiger partial charge is 0.0541 e. The summed E-state index contributed by atoms with van der Waals surface area (Å²) in [6.07, 6.45) is 5.53. The lowest BCUT2D eigenvalue weighted by Crippen LogP contribution is -1.99. The highest BCUT2D eigenvalue weighted by molar-refractivity contribution is 6.14. The molecule has 9 aromatic rings. The molecule has 210 valence electrons. The number of rotatable bonds is 3. The molecule has 2 aromatic heterocycles. The van der Waals surface area contributed by atoms with Crippen molar-refractivity contribution in [2.45, 2.75) is 6.42 Å². The van der Waals surface area contributed by atoms with Gasteiger partial charge in [-0.15, -0.1) is 0 Å². The Morgan fingerprint density at radius 3 is 1.76 bits per heavy atom. The second-order valence-electron chi connectivity index (χ2n) is 12.1. The highest BCUT2D eigenvalue weighted by Crippen LogP contribution is 2.40. The van der Waals surface area contributed by atoms with E-state index >= 15 is 0 Å². The second-order valence-corrected chi connectivity index (χ2v) is 12.1. The van der Waals surface area contributed by atoms with Crippen molar-refractivity contribution in [2.75, 3.05) is 0 Å². The number of aromatic nitrogens is 2. The first-order valence-electron chi connectivity index (χ1n) is 15.7. The topological polar surface area (TPSA) is 9.86 Å². The molecule has 0 unspecified atom stereocenters. The van der Waals surface area contributed by atoms with Crippen molar-refractivity contribution in [3.05, 3.63) is 163 Å². The van der Waals surface area contributed by atoms with Gasteiger partial charge in [-0.3, -0.25) is 0 Å².